The lowest BCUT2D eigenvalue weighted by Crippen LogP contribution is -2.39. The van der Waals surface area contributed by atoms with Crippen LogP contribution in [0, 0.1) is 5.82 Å². The van der Waals surface area contributed by atoms with E-state index in [4.69, 9.17) is 9.47 Å². The summed E-state index contributed by atoms with van der Waals surface area (Å²) >= 11 is 3.40. The van der Waals surface area contributed by atoms with Gasteiger partial charge in [0.15, 0.2) is 0 Å². The topological polar surface area (TPSA) is 95.3 Å². The summed E-state index contributed by atoms with van der Waals surface area (Å²) in [5, 5.41) is 8.01. The van der Waals surface area contributed by atoms with Crippen LogP contribution in [0.15, 0.2) is 41.3 Å². The number of ether oxygens (including phenoxy) is 2. The smallest absolute Gasteiger partial charge is 0.327 e. The van der Waals surface area contributed by atoms with E-state index >= 15 is 0 Å². The molecule has 0 N–H and O–H groups in total. The molecule has 0 saturated carbocycles. The van der Waals surface area contributed by atoms with E-state index in [1.165, 1.54) is 16.8 Å². The van der Waals surface area contributed by atoms with Crippen LogP contribution in [0.25, 0.3) is 11.3 Å². The number of esters is 1. The molecule has 0 spiro atoms. The molecule has 1 fully saturated rings. The van der Waals surface area contributed by atoms with E-state index in [1.807, 2.05) is 0 Å². The van der Waals surface area contributed by atoms with Crippen LogP contribution in [0.4, 0.5) is 10.3 Å². The largest absolute Gasteiger partial charge is 0.489 e. The van der Waals surface area contributed by atoms with Gasteiger partial charge in [-0.05, 0) is 35.0 Å². The predicted molar refractivity (Wildman–Crippen MR) is 118 cm³/mol. The van der Waals surface area contributed by atoms with Gasteiger partial charge in [0.05, 0.1) is 17.3 Å². The Balaban J connectivity index is 1.33. The number of rotatable bonds is 7. The molecule has 0 radical (unpaired) electrons. The predicted octanol–water partition coefficient (Wildman–Crippen LogP) is 3.25. The second-order valence-electron chi connectivity index (χ2n) is 7.26. The van der Waals surface area contributed by atoms with E-state index in [1.54, 1.807) is 31.6 Å². The molecular weight excluding hydrogens is 483 g/mol. The molecule has 0 unspecified atom stereocenters. The lowest BCUT2D eigenvalue weighted by molar-refractivity contribution is -0.144. The van der Waals surface area contributed by atoms with E-state index in [0.717, 1.165) is 30.4 Å². The van der Waals surface area contributed by atoms with Gasteiger partial charge < -0.3 is 14.4 Å². The fourth-order valence-electron chi connectivity index (χ4n) is 3.38. The van der Waals surface area contributed by atoms with Gasteiger partial charge in [0, 0.05) is 50.0 Å². The summed E-state index contributed by atoms with van der Waals surface area (Å²) in [4.78, 5) is 22.6. The van der Waals surface area contributed by atoms with Crippen LogP contribution < -0.4 is 9.64 Å². The standard InChI is InChI=1S/C21H22BrFN6O3/c1-2-31-20(30)13-29-12-18(26-27-29)14-10-24-21(25-11-14)28-7-5-16(6-8-28)32-19-9-15(23)3-4-17(19)22/h3-4,9-12,16H,2,5-8,13H2,1H3. The number of carbonyl (C=O) groups excluding carboxylic acids is 1. The summed E-state index contributed by atoms with van der Waals surface area (Å²) in [7, 11) is 0. The van der Waals surface area contributed by atoms with Gasteiger partial charge in [0.25, 0.3) is 0 Å². The van der Waals surface area contributed by atoms with Crippen molar-refractivity contribution in [2.75, 3.05) is 24.6 Å². The summed E-state index contributed by atoms with van der Waals surface area (Å²) in [6.07, 6.45) is 6.58. The zero-order chi connectivity index (χ0) is 22.5. The molecule has 0 atom stereocenters. The summed E-state index contributed by atoms with van der Waals surface area (Å²) in [5.41, 5.74) is 1.28. The number of hydrogen-bond acceptors (Lipinski definition) is 8. The zero-order valence-electron chi connectivity index (χ0n) is 17.4. The molecule has 0 bridgehead atoms. The van der Waals surface area contributed by atoms with Gasteiger partial charge in [0.2, 0.25) is 5.95 Å². The van der Waals surface area contributed by atoms with Gasteiger partial charge in [-0.3, -0.25) is 4.79 Å². The van der Waals surface area contributed by atoms with Gasteiger partial charge in [-0.25, -0.2) is 19.0 Å². The van der Waals surface area contributed by atoms with Crippen LogP contribution in [-0.4, -0.2) is 56.7 Å². The quantitative estimate of drug-likeness (QED) is 0.452. The number of piperidine rings is 1. The molecule has 9 nitrogen and oxygen atoms in total. The lowest BCUT2D eigenvalue weighted by atomic mass is 10.1. The summed E-state index contributed by atoms with van der Waals surface area (Å²) in [6, 6.07) is 4.42. The fraction of sp³-hybridized carbons (Fsp3) is 0.381. The van der Waals surface area contributed by atoms with Gasteiger partial charge in [0.1, 0.15) is 29.9 Å². The van der Waals surface area contributed by atoms with E-state index in [0.29, 0.717) is 29.6 Å². The highest BCUT2D eigenvalue weighted by Gasteiger charge is 2.23. The SMILES string of the molecule is CCOC(=O)Cn1cc(-c2cnc(N3CCC(Oc4cc(F)ccc4Br)CC3)nc2)nn1. The number of anilines is 1. The van der Waals surface area contributed by atoms with Crippen molar-refractivity contribution in [2.45, 2.75) is 32.4 Å². The monoisotopic (exact) mass is 504 g/mol. The van der Waals surface area contributed by atoms with E-state index in [-0.39, 0.29) is 24.4 Å². The van der Waals surface area contributed by atoms with Crippen molar-refractivity contribution in [3.05, 3.63) is 47.1 Å². The average Bonchev–Trinajstić information content (AvgIpc) is 3.25. The van der Waals surface area contributed by atoms with E-state index in [2.05, 4.69) is 41.1 Å². The van der Waals surface area contributed by atoms with Crippen molar-refractivity contribution in [1.82, 2.24) is 25.0 Å². The van der Waals surface area contributed by atoms with Crippen molar-refractivity contribution in [1.29, 1.82) is 0 Å². The number of hydrogen-bond donors (Lipinski definition) is 0. The molecule has 32 heavy (non-hydrogen) atoms. The molecule has 1 saturated heterocycles. The number of aromatic nitrogens is 5. The summed E-state index contributed by atoms with van der Waals surface area (Å²) < 4.78 is 26.5. The first kappa shape index (κ1) is 22.1. The highest BCUT2D eigenvalue weighted by Crippen LogP contribution is 2.29. The fourth-order valence-corrected chi connectivity index (χ4v) is 3.72. The summed E-state index contributed by atoms with van der Waals surface area (Å²) in [5.74, 6) is 0.445. The molecule has 168 valence electrons. The van der Waals surface area contributed by atoms with E-state index < -0.39 is 0 Å². The maximum atomic E-state index is 13.5. The van der Waals surface area contributed by atoms with Crippen LogP contribution >= 0.6 is 15.9 Å². The second kappa shape index (κ2) is 10.0. The first-order chi connectivity index (χ1) is 15.5. The molecule has 1 aliphatic rings. The molecule has 3 heterocycles. The minimum Gasteiger partial charge on any atom is -0.489 e. The maximum absolute atomic E-state index is 13.5. The van der Waals surface area contributed by atoms with Crippen molar-refractivity contribution >= 4 is 27.8 Å². The molecule has 0 aliphatic carbocycles. The van der Waals surface area contributed by atoms with Crippen LogP contribution in [0.5, 0.6) is 5.75 Å². The van der Waals surface area contributed by atoms with Gasteiger partial charge in [-0.15, -0.1) is 5.10 Å². The normalized spacial score (nSPS) is 14.4. The van der Waals surface area contributed by atoms with Crippen LogP contribution in [-0.2, 0) is 16.1 Å². The molecule has 11 heteroatoms. The van der Waals surface area contributed by atoms with Gasteiger partial charge in [-0.2, -0.15) is 0 Å². The average molecular weight is 505 g/mol. The molecule has 0 amide bonds. The van der Waals surface area contributed by atoms with Crippen molar-refractivity contribution < 1.29 is 18.7 Å². The third kappa shape index (κ3) is 5.39. The Morgan fingerprint density at radius 3 is 2.72 bits per heavy atom. The van der Waals surface area contributed by atoms with Crippen molar-refractivity contribution in [3.8, 4) is 17.0 Å². The minimum atomic E-state index is -0.368. The Morgan fingerprint density at radius 1 is 1.25 bits per heavy atom. The number of carbonyl (C=O) groups is 1. The first-order valence-electron chi connectivity index (χ1n) is 10.3. The minimum absolute atomic E-state index is 0.00180. The highest BCUT2D eigenvalue weighted by atomic mass is 79.9. The van der Waals surface area contributed by atoms with Crippen LogP contribution in [0.2, 0.25) is 0 Å². The van der Waals surface area contributed by atoms with Crippen LogP contribution in [0.1, 0.15) is 19.8 Å². The number of nitrogens with zero attached hydrogens (tertiary/aromatic N) is 6. The third-order valence-electron chi connectivity index (χ3n) is 4.98. The first-order valence-corrected chi connectivity index (χ1v) is 11.1. The molecule has 3 aromatic rings. The molecule has 2 aromatic heterocycles. The third-order valence-corrected chi connectivity index (χ3v) is 5.64. The molecule has 4 rings (SSSR count). The number of benzene rings is 1. The lowest BCUT2D eigenvalue weighted by Gasteiger charge is -2.32. The second-order valence-corrected chi connectivity index (χ2v) is 8.11. The zero-order valence-corrected chi connectivity index (χ0v) is 19.0. The van der Waals surface area contributed by atoms with E-state index in [9.17, 15) is 9.18 Å². The van der Waals surface area contributed by atoms with Crippen LogP contribution in [0.3, 0.4) is 0 Å². The van der Waals surface area contributed by atoms with Gasteiger partial charge in [-0.1, -0.05) is 5.21 Å². The Bertz CT molecular complexity index is 1070. The maximum Gasteiger partial charge on any atom is 0.327 e. The Morgan fingerprint density at radius 2 is 2.00 bits per heavy atom. The summed E-state index contributed by atoms with van der Waals surface area (Å²) in [6.45, 7) is 3.53. The molecule has 1 aromatic carbocycles. The van der Waals surface area contributed by atoms with Gasteiger partial charge >= 0.3 is 5.97 Å². The molecular formula is C21H22BrFN6O3. The number of halogens is 2. The Kier molecular flexibility index (Phi) is 6.93. The van der Waals surface area contributed by atoms with Crippen molar-refractivity contribution in [3.63, 3.8) is 0 Å². The highest BCUT2D eigenvalue weighted by molar-refractivity contribution is 9.10. The Labute approximate surface area is 192 Å². The van der Waals surface area contributed by atoms with Crippen molar-refractivity contribution in [2.24, 2.45) is 0 Å². The molecule has 1 aliphatic heterocycles. The Hall–Kier alpha value is -3.08.